The van der Waals surface area contributed by atoms with Gasteiger partial charge in [-0.2, -0.15) is 0 Å². The molecule has 0 aliphatic carbocycles. The minimum Gasteiger partial charge on any atom is -0.345 e. The van der Waals surface area contributed by atoms with Crippen molar-refractivity contribution in [2.75, 3.05) is 0 Å². The highest BCUT2D eigenvalue weighted by atomic mass is 16.1. The Morgan fingerprint density at radius 3 is 2.26 bits per heavy atom. The van der Waals surface area contributed by atoms with E-state index in [0.717, 1.165) is 42.4 Å². The topological polar surface area (TPSA) is 22.0 Å². The number of hydrogen-bond acceptors (Lipinski definition) is 1. The molecule has 0 radical (unpaired) electrons. The van der Waals surface area contributed by atoms with E-state index in [-0.39, 0.29) is 5.43 Å². The lowest BCUT2D eigenvalue weighted by Crippen LogP contribution is -2.13. The van der Waals surface area contributed by atoms with Crippen molar-refractivity contribution in [3.8, 4) is 11.8 Å². The summed E-state index contributed by atoms with van der Waals surface area (Å²) in [7, 11) is 0. The first-order valence-electron chi connectivity index (χ1n) is 10.8. The van der Waals surface area contributed by atoms with Gasteiger partial charge in [0.1, 0.15) is 0 Å². The second-order valence-corrected chi connectivity index (χ2v) is 7.34. The molecule has 0 atom stereocenters. The zero-order valence-electron chi connectivity index (χ0n) is 17.2. The van der Waals surface area contributed by atoms with E-state index in [4.69, 9.17) is 0 Å². The zero-order chi connectivity index (χ0) is 19.3. The summed E-state index contributed by atoms with van der Waals surface area (Å²) < 4.78 is 2.25. The lowest BCUT2D eigenvalue weighted by molar-refractivity contribution is 0.579. The van der Waals surface area contributed by atoms with Gasteiger partial charge < -0.3 is 4.57 Å². The van der Waals surface area contributed by atoms with Crippen LogP contribution in [0.4, 0.5) is 0 Å². The second-order valence-electron chi connectivity index (χ2n) is 7.34. The van der Waals surface area contributed by atoms with Gasteiger partial charge in [-0.25, -0.2) is 0 Å². The van der Waals surface area contributed by atoms with Gasteiger partial charge in [-0.15, -0.1) is 11.8 Å². The molecule has 0 saturated heterocycles. The van der Waals surface area contributed by atoms with E-state index >= 15 is 0 Å². The van der Waals surface area contributed by atoms with Crippen LogP contribution in [0.25, 0.3) is 10.9 Å². The molecule has 2 aromatic rings. The molecule has 0 fully saturated rings. The molecule has 0 N–H and O–H groups in total. The number of rotatable bonds is 11. The zero-order valence-corrected chi connectivity index (χ0v) is 17.2. The summed E-state index contributed by atoms with van der Waals surface area (Å²) in [5.74, 6) is 6.62. The maximum atomic E-state index is 12.3. The SMILES string of the molecule is CCCCCCCCCCC#CCCc1cc(=O)c2ccccc2n1CC. The van der Waals surface area contributed by atoms with E-state index < -0.39 is 0 Å². The highest BCUT2D eigenvalue weighted by molar-refractivity contribution is 5.79. The Morgan fingerprint density at radius 2 is 1.52 bits per heavy atom. The van der Waals surface area contributed by atoms with Gasteiger partial charge in [0.25, 0.3) is 0 Å². The van der Waals surface area contributed by atoms with Gasteiger partial charge in [-0.1, -0.05) is 64.0 Å². The summed E-state index contributed by atoms with van der Waals surface area (Å²) in [6.07, 6.45) is 13.4. The summed E-state index contributed by atoms with van der Waals surface area (Å²) in [6, 6.07) is 9.68. The Bertz CT molecular complexity index is 806. The molecule has 146 valence electrons. The second kappa shape index (κ2) is 12.4. The monoisotopic (exact) mass is 365 g/mol. The van der Waals surface area contributed by atoms with Gasteiger partial charge in [-0.05, 0) is 31.9 Å². The van der Waals surface area contributed by atoms with Crippen molar-refractivity contribution in [2.45, 2.75) is 91.0 Å². The number of aromatic nitrogens is 1. The van der Waals surface area contributed by atoms with Gasteiger partial charge >= 0.3 is 0 Å². The molecule has 0 amide bonds. The van der Waals surface area contributed by atoms with Crippen molar-refractivity contribution in [1.82, 2.24) is 4.57 Å². The van der Waals surface area contributed by atoms with Gasteiger partial charge in [0.2, 0.25) is 0 Å². The number of hydrogen-bond donors (Lipinski definition) is 0. The summed E-state index contributed by atoms with van der Waals surface area (Å²) >= 11 is 0. The fourth-order valence-corrected chi connectivity index (χ4v) is 3.67. The van der Waals surface area contributed by atoms with Crippen molar-refractivity contribution in [1.29, 1.82) is 0 Å². The van der Waals surface area contributed by atoms with E-state index in [0.29, 0.717) is 0 Å². The van der Waals surface area contributed by atoms with Gasteiger partial charge in [0, 0.05) is 36.5 Å². The van der Waals surface area contributed by atoms with Crippen molar-refractivity contribution < 1.29 is 0 Å². The lowest BCUT2D eigenvalue weighted by atomic mass is 10.1. The van der Waals surface area contributed by atoms with E-state index in [1.807, 2.05) is 24.3 Å². The molecule has 0 unspecified atom stereocenters. The van der Waals surface area contributed by atoms with Crippen LogP contribution in [0, 0.1) is 11.8 Å². The molecule has 2 nitrogen and oxygen atoms in total. The molecule has 0 spiro atoms. The molecule has 1 aromatic heterocycles. The first kappa shape index (κ1) is 21.3. The molecular weight excluding hydrogens is 330 g/mol. The number of unbranched alkanes of at least 4 members (excludes halogenated alkanes) is 8. The molecule has 0 saturated carbocycles. The number of para-hydroxylation sites is 1. The normalized spacial score (nSPS) is 10.7. The molecule has 2 rings (SSSR count). The molecule has 1 heterocycles. The Hall–Kier alpha value is -2.01. The van der Waals surface area contributed by atoms with Crippen molar-refractivity contribution >= 4 is 10.9 Å². The van der Waals surface area contributed by atoms with Crippen LogP contribution < -0.4 is 5.43 Å². The summed E-state index contributed by atoms with van der Waals surface area (Å²) in [4.78, 5) is 12.3. The largest absolute Gasteiger partial charge is 0.345 e. The van der Waals surface area contributed by atoms with Crippen LogP contribution in [0.2, 0.25) is 0 Å². The number of benzene rings is 1. The quantitative estimate of drug-likeness (QED) is 0.329. The molecule has 1 aromatic carbocycles. The molecule has 2 heteroatoms. The van der Waals surface area contributed by atoms with Crippen LogP contribution in [-0.2, 0) is 13.0 Å². The minimum absolute atomic E-state index is 0.122. The van der Waals surface area contributed by atoms with Gasteiger partial charge in [0.05, 0.1) is 5.52 Å². The van der Waals surface area contributed by atoms with Gasteiger partial charge in [0.15, 0.2) is 5.43 Å². The van der Waals surface area contributed by atoms with E-state index in [1.54, 1.807) is 6.07 Å². The average Bonchev–Trinajstić information content (AvgIpc) is 2.69. The van der Waals surface area contributed by atoms with Crippen LogP contribution >= 0.6 is 0 Å². The van der Waals surface area contributed by atoms with Crippen LogP contribution in [0.3, 0.4) is 0 Å². The third-order valence-corrected chi connectivity index (χ3v) is 5.21. The number of aryl methyl sites for hydroxylation is 2. The number of pyridine rings is 1. The standard InChI is InChI=1S/C25H35NO/c1-3-5-6-7-8-9-10-11-12-13-14-15-18-22-21-25(27)23-19-16-17-20-24(23)26(22)4-2/h16-17,19-21H,3-12,15,18H2,1-2H3. The fourth-order valence-electron chi connectivity index (χ4n) is 3.67. The van der Waals surface area contributed by atoms with Crippen molar-refractivity contribution in [3.63, 3.8) is 0 Å². The maximum Gasteiger partial charge on any atom is 0.189 e. The maximum absolute atomic E-state index is 12.3. The fraction of sp³-hybridized carbons (Fsp3) is 0.560. The van der Waals surface area contributed by atoms with Crippen LogP contribution in [-0.4, -0.2) is 4.57 Å². The summed E-state index contributed by atoms with van der Waals surface area (Å²) in [5, 5.41) is 0.809. The van der Waals surface area contributed by atoms with Gasteiger partial charge in [-0.3, -0.25) is 4.79 Å². The Labute approximate surface area is 165 Å². The van der Waals surface area contributed by atoms with Crippen molar-refractivity contribution in [2.24, 2.45) is 0 Å². The molecule has 0 aliphatic heterocycles. The number of fused-ring (bicyclic) bond motifs is 1. The third kappa shape index (κ3) is 6.90. The first-order chi connectivity index (χ1) is 13.3. The molecule has 0 aliphatic rings. The molecule has 27 heavy (non-hydrogen) atoms. The number of nitrogens with zero attached hydrogens (tertiary/aromatic N) is 1. The first-order valence-corrected chi connectivity index (χ1v) is 10.8. The van der Waals surface area contributed by atoms with Crippen LogP contribution in [0.15, 0.2) is 35.1 Å². The highest BCUT2D eigenvalue weighted by Gasteiger charge is 2.06. The molecule has 0 bridgehead atoms. The Balaban J connectivity index is 1.75. The van der Waals surface area contributed by atoms with Crippen LogP contribution in [0.5, 0.6) is 0 Å². The predicted octanol–water partition coefficient (Wildman–Crippen LogP) is 6.49. The third-order valence-electron chi connectivity index (χ3n) is 5.21. The average molecular weight is 366 g/mol. The summed E-state index contributed by atoms with van der Waals surface area (Å²) in [6.45, 7) is 5.27. The lowest BCUT2D eigenvalue weighted by Gasteiger charge is -2.14. The van der Waals surface area contributed by atoms with E-state index in [1.165, 1.54) is 51.4 Å². The van der Waals surface area contributed by atoms with Crippen molar-refractivity contribution in [3.05, 3.63) is 46.2 Å². The summed E-state index contributed by atoms with van der Waals surface area (Å²) in [5.41, 5.74) is 2.26. The smallest absolute Gasteiger partial charge is 0.189 e. The minimum atomic E-state index is 0.122. The Morgan fingerprint density at radius 1 is 0.852 bits per heavy atom. The van der Waals surface area contributed by atoms with Crippen LogP contribution in [0.1, 0.15) is 83.7 Å². The van der Waals surface area contributed by atoms with E-state index in [9.17, 15) is 4.79 Å². The van der Waals surface area contributed by atoms with E-state index in [2.05, 4.69) is 30.3 Å². The predicted molar refractivity (Wildman–Crippen MR) is 117 cm³/mol. The highest BCUT2D eigenvalue weighted by Crippen LogP contribution is 2.14. The Kier molecular flexibility index (Phi) is 9.77. The molecular formula is C25H35NO.